The Hall–Kier alpha value is -2.08. The van der Waals surface area contributed by atoms with Crippen molar-refractivity contribution in [3.8, 4) is 0 Å². The molecular weight excluding hydrogens is 363 g/mol. The van der Waals surface area contributed by atoms with Crippen LogP contribution in [0.2, 0.25) is 10.2 Å². The summed E-state index contributed by atoms with van der Waals surface area (Å²) in [5.74, 6) is 0. The number of halogens is 2. The molecule has 1 heterocycles. The molecule has 0 radical (unpaired) electrons. The minimum atomic E-state index is 0.408. The lowest BCUT2D eigenvalue weighted by atomic mass is 10.2. The molecule has 0 saturated carbocycles. The lowest BCUT2D eigenvalue weighted by Gasteiger charge is -2.02. The lowest BCUT2D eigenvalue weighted by molar-refractivity contribution is 1.34. The Morgan fingerprint density at radius 3 is 2.62 bits per heavy atom. The third-order valence-corrected chi connectivity index (χ3v) is 4.89. The van der Waals surface area contributed by atoms with Gasteiger partial charge in [-0.3, -0.25) is 5.43 Å². The van der Waals surface area contributed by atoms with Crippen LogP contribution in [-0.4, -0.2) is 11.2 Å². The third kappa shape index (κ3) is 4.26. The molecule has 4 nitrogen and oxygen atoms in total. The SMILES string of the molecule is Cc1ccc(N/N=C/c2sc(Nc3ccccc3)nc2Cl)cc1Cl. The number of nitrogens with one attached hydrogen (secondary N) is 2. The van der Waals surface area contributed by atoms with Gasteiger partial charge in [-0.15, -0.1) is 0 Å². The Morgan fingerprint density at radius 1 is 1.08 bits per heavy atom. The summed E-state index contributed by atoms with van der Waals surface area (Å²) in [5, 5.41) is 9.22. The van der Waals surface area contributed by atoms with Gasteiger partial charge in [0.1, 0.15) is 0 Å². The molecule has 0 aliphatic heterocycles. The van der Waals surface area contributed by atoms with E-state index in [4.69, 9.17) is 23.2 Å². The van der Waals surface area contributed by atoms with Crippen LogP contribution in [0.3, 0.4) is 0 Å². The zero-order valence-electron chi connectivity index (χ0n) is 12.8. The summed E-state index contributed by atoms with van der Waals surface area (Å²) in [6.45, 7) is 1.95. The highest BCUT2D eigenvalue weighted by Gasteiger charge is 2.07. The predicted molar refractivity (Wildman–Crippen MR) is 104 cm³/mol. The van der Waals surface area contributed by atoms with Crippen LogP contribution in [0.1, 0.15) is 10.4 Å². The second-order valence-electron chi connectivity index (χ2n) is 5.00. The zero-order valence-corrected chi connectivity index (χ0v) is 15.1. The highest BCUT2D eigenvalue weighted by molar-refractivity contribution is 7.17. The van der Waals surface area contributed by atoms with Gasteiger partial charge in [-0.25, -0.2) is 4.98 Å². The van der Waals surface area contributed by atoms with E-state index in [-0.39, 0.29) is 0 Å². The first-order valence-electron chi connectivity index (χ1n) is 7.15. The zero-order chi connectivity index (χ0) is 16.9. The normalized spacial score (nSPS) is 11.0. The van der Waals surface area contributed by atoms with E-state index in [1.54, 1.807) is 6.21 Å². The second-order valence-corrected chi connectivity index (χ2v) is 6.79. The first-order chi connectivity index (χ1) is 11.6. The van der Waals surface area contributed by atoms with Gasteiger partial charge < -0.3 is 5.32 Å². The van der Waals surface area contributed by atoms with E-state index in [2.05, 4.69) is 20.8 Å². The molecule has 0 saturated heterocycles. The molecule has 1 aromatic heterocycles. The van der Waals surface area contributed by atoms with E-state index in [0.29, 0.717) is 15.3 Å². The maximum absolute atomic E-state index is 6.16. The molecule has 0 atom stereocenters. The molecule has 3 aromatic rings. The molecule has 24 heavy (non-hydrogen) atoms. The van der Waals surface area contributed by atoms with Crippen LogP contribution in [0.4, 0.5) is 16.5 Å². The quantitative estimate of drug-likeness (QED) is 0.427. The van der Waals surface area contributed by atoms with Gasteiger partial charge >= 0.3 is 0 Å². The average molecular weight is 377 g/mol. The monoisotopic (exact) mass is 376 g/mol. The number of hydrogen-bond donors (Lipinski definition) is 2. The molecule has 7 heteroatoms. The molecule has 2 aromatic carbocycles. The summed E-state index contributed by atoms with van der Waals surface area (Å²) in [4.78, 5) is 5.05. The Morgan fingerprint density at radius 2 is 1.88 bits per heavy atom. The van der Waals surface area contributed by atoms with Gasteiger partial charge in [0, 0.05) is 10.7 Å². The van der Waals surface area contributed by atoms with E-state index in [1.807, 2.05) is 55.5 Å². The minimum absolute atomic E-state index is 0.408. The van der Waals surface area contributed by atoms with Crippen molar-refractivity contribution in [3.05, 3.63) is 69.1 Å². The summed E-state index contributed by atoms with van der Waals surface area (Å²) in [6.07, 6.45) is 1.64. The predicted octanol–water partition coefficient (Wildman–Crippen LogP) is 5.95. The summed E-state index contributed by atoms with van der Waals surface area (Å²) < 4.78 is 0. The van der Waals surface area contributed by atoms with E-state index in [1.165, 1.54) is 11.3 Å². The van der Waals surface area contributed by atoms with Gasteiger partial charge in [0.15, 0.2) is 10.3 Å². The average Bonchev–Trinajstić information content (AvgIpc) is 2.91. The smallest absolute Gasteiger partial charge is 0.189 e. The summed E-state index contributed by atoms with van der Waals surface area (Å²) in [5.41, 5.74) is 5.72. The van der Waals surface area contributed by atoms with Crippen molar-refractivity contribution in [1.82, 2.24) is 4.98 Å². The molecule has 0 aliphatic rings. The number of rotatable bonds is 5. The van der Waals surface area contributed by atoms with Crippen LogP contribution in [0.15, 0.2) is 53.6 Å². The highest BCUT2D eigenvalue weighted by Crippen LogP contribution is 2.28. The molecule has 2 N–H and O–H groups in total. The lowest BCUT2D eigenvalue weighted by Crippen LogP contribution is -1.90. The topological polar surface area (TPSA) is 49.3 Å². The van der Waals surface area contributed by atoms with Crippen molar-refractivity contribution in [1.29, 1.82) is 0 Å². The second kappa shape index (κ2) is 7.66. The van der Waals surface area contributed by atoms with Gasteiger partial charge in [-0.05, 0) is 36.8 Å². The van der Waals surface area contributed by atoms with E-state index >= 15 is 0 Å². The van der Waals surface area contributed by atoms with Crippen molar-refractivity contribution in [2.75, 3.05) is 10.7 Å². The molecule has 0 unspecified atom stereocenters. The fourth-order valence-electron chi connectivity index (χ4n) is 1.92. The summed E-state index contributed by atoms with van der Waals surface area (Å²) in [6, 6.07) is 15.5. The van der Waals surface area contributed by atoms with Crippen molar-refractivity contribution in [3.63, 3.8) is 0 Å². The molecule has 0 spiro atoms. The van der Waals surface area contributed by atoms with Crippen molar-refractivity contribution >= 4 is 57.3 Å². The maximum Gasteiger partial charge on any atom is 0.189 e. The fraction of sp³-hybridized carbons (Fsp3) is 0.0588. The number of aromatic nitrogens is 1. The van der Waals surface area contributed by atoms with Crippen molar-refractivity contribution in [2.45, 2.75) is 6.92 Å². The molecule has 3 rings (SSSR count). The van der Waals surface area contributed by atoms with Crippen LogP contribution >= 0.6 is 34.5 Å². The molecule has 0 aliphatic carbocycles. The molecular formula is C17H14Cl2N4S. The maximum atomic E-state index is 6.16. The number of aryl methyl sites for hydroxylation is 1. The molecule has 0 bridgehead atoms. The summed E-state index contributed by atoms with van der Waals surface area (Å²) >= 11 is 13.7. The largest absolute Gasteiger partial charge is 0.331 e. The Kier molecular flexibility index (Phi) is 5.35. The van der Waals surface area contributed by atoms with Crippen LogP contribution in [0.25, 0.3) is 0 Å². The molecule has 0 amide bonds. The van der Waals surface area contributed by atoms with Crippen LogP contribution < -0.4 is 10.7 Å². The number of benzene rings is 2. The number of thiazole rings is 1. The van der Waals surface area contributed by atoms with Gasteiger partial charge in [0.25, 0.3) is 0 Å². The summed E-state index contributed by atoms with van der Waals surface area (Å²) in [7, 11) is 0. The van der Waals surface area contributed by atoms with Crippen molar-refractivity contribution < 1.29 is 0 Å². The number of hydrogen-bond acceptors (Lipinski definition) is 5. The highest BCUT2D eigenvalue weighted by atomic mass is 35.5. The molecule has 0 fully saturated rings. The number of nitrogens with zero attached hydrogens (tertiary/aromatic N) is 2. The minimum Gasteiger partial charge on any atom is -0.331 e. The number of anilines is 3. The van der Waals surface area contributed by atoms with E-state index < -0.39 is 0 Å². The van der Waals surface area contributed by atoms with Gasteiger partial charge in [0.05, 0.1) is 16.8 Å². The number of para-hydroxylation sites is 1. The van der Waals surface area contributed by atoms with Crippen LogP contribution in [0, 0.1) is 6.92 Å². The Balaban J connectivity index is 1.67. The standard InChI is InChI=1S/C17H14Cl2N4S/c1-11-7-8-13(9-14(11)18)23-20-10-15-16(19)22-17(24-15)21-12-5-3-2-4-6-12/h2-10,23H,1H3,(H,21,22)/b20-10+. The molecule has 122 valence electrons. The van der Waals surface area contributed by atoms with Crippen LogP contribution in [-0.2, 0) is 0 Å². The van der Waals surface area contributed by atoms with Gasteiger partial charge in [0.2, 0.25) is 0 Å². The van der Waals surface area contributed by atoms with Gasteiger partial charge in [-0.1, -0.05) is 58.8 Å². The van der Waals surface area contributed by atoms with Gasteiger partial charge in [-0.2, -0.15) is 5.10 Å². The van der Waals surface area contributed by atoms with E-state index in [0.717, 1.165) is 21.8 Å². The first-order valence-corrected chi connectivity index (χ1v) is 8.73. The van der Waals surface area contributed by atoms with Crippen LogP contribution in [0.5, 0.6) is 0 Å². The van der Waals surface area contributed by atoms with Crippen molar-refractivity contribution in [2.24, 2.45) is 5.10 Å². The first kappa shape index (κ1) is 16.8. The fourth-order valence-corrected chi connectivity index (χ4v) is 3.15. The van der Waals surface area contributed by atoms with E-state index in [9.17, 15) is 0 Å². The third-order valence-electron chi connectivity index (χ3n) is 3.18. The Labute approximate surface area is 154 Å². The number of hydrazone groups is 1. The Bertz CT molecular complexity index is 862.